The number of anilines is 1. The number of amides is 1. The van der Waals surface area contributed by atoms with Crippen LogP contribution in [0.5, 0.6) is 5.75 Å². The first-order chi connectivity index (χ1) is 11.7. The zero-order chi connectivity index (χ0) is 16.5. The van der Waals surface area contributed by atoms with Crippen molar-refractivity contribution in [2.24, 2.45) is 5.92 Å². The molecular weight excluding hydrogens is 324 g/mol. The first-order valence-electron chi connectivity index (χ1n) is 7.76. The standard InChI is InChI=1S/C19H15ClN2O2/c20-15-6-7-17-13(10-15)9-14(11-24-17)19(23)22-16-5-1-3-12-4-2-8-21-18(12)16/h1-8,10,14H,9,11H2,(H,22,23)/t14-/m0/s1. The number of carbonyl (C=O) groups is 1. The van der Waals surface area contributed by atoms with Crippen LogP contribution in [-0.2, 0) is 11.2 Å². The number of fused-ring (bicyclic) bond motifs is 2. The predicted octanol–water partition coefficient (Wildman–Crippen LogP) is 4.08. The third kappa shape index (κ3) is 2.81. The van der Waals surface area contributed by atoms with Crippen LogP contribution in [0.1, 0.15) is 5.56 Å². The number of nitrogens with one attached hydrogen (secondary N) is 1. The Morgan fingerprint density at radius 3 is 3.00 bits per heavy atom. The van der Waals surface area contributed by atoms with Crippen LogP contribution in [0.25, 0.3) is 10.9 Å². The summed E-state index contributed by atoms with van der Waals surface area (Å²) >= 11 is 6.03. The average molecular weight is 339 g/mol. The lowest BCUT2D eigenvalue weighted by molar-refractivity contribution is -0.121. The molecule has 4 nitrogen and oxygen atoms in total. The molecule has 0 saturated heterocycles. The van der Waals surface area contributed by atoms with Gasteiger partial charge in [0.1, 0.15) is 12.4 Å². The van der Waals surface area contributed by atoms with Crippen LogP contribution in [0.4, 0.5) is 5.69 Å². The summed E-state index contributed by atoms with van der Waals surface area (Å²) < 4.78 is 5.70. The molecule has 4 rings (SSSR count). The number of pyridine rings is 1. The minimum atomic E-state index is -0.255. The summed E-state index contributed by atoms with van der Waals surface area (Å²) in [4.78, 5) is 17.0. The molecule has 1 atom stereocenters. The van der Waals surface area contributed by atoms with Gasteiger partial charge in [0, 0.05) is 16.6 Å². The van der Waals surface area contributed by atoms with Gasteiger partial charge in [0.25, 0.3) is 0 Å². The van der Waals surface area contributed by atoms with Crippen LogP contribution in [0, 0.1) is 5.92 Å². The van der Waals surface area contributed by atoms with Gasteiger partial charge in [-0.15, -0.1) is 0 Å². The number of halogens is 1. The summed E-state index contributed by atoms with van der Waals surface area (Å²) in [6, 6.07) is 15.1. The number of hydrogen-bond donors (Lipinski definition) is 1. The van der Waals surface area contributed by atoms with E-state index in [9.17, 15) is 4.79 Å². The zero-order valence-corrected chi connectivity index (χ0v) is 13.6. The number of ether oxygens (including phenoxy) is 1. The van der Waals surface area contributed by atoms with Crippen LogP contribution < -0.4 is 10.1 Å². The SMILES string of the molecule is O=C(Nc1cccc2cccnc12)[C@@H]1COc2ccc(Cl)cc2C1. The number of para-hydroxylation sites is 1. The van der Waals surface area contributed by atoms with Crippen molar-refractivity contribution >= 4 is 34.1 Å². The Morgan fingerprint density at radius 1 is 1.21 bits per heavy atom. The molecular formula is C19H15ClN2O2. The molecule has 2 aromatic carbocycles. The molecule has 3 aromatic rings. The van der Waals surface area contributed by atoms with Crippen molar-refractivity contribution in [3.05, 3.63) is 65.3 Å². The van der Waals surface area contributed by atoms with Gasteiger partial charge in [0.2, 0.25) is 5.91 Å². The second kappa shape index (κ2) is 6.13. The molecule has 1 N–H and O–H groups in total. The van der Waals surface area contributed by atoms with Crippen molar-refractivity contribution in [2.75, 3.05) is 11.9 Å². The molecule has 2 heterocycles. The Kier molecular flexibility index (Phi) is 3.82. The fourth-order valence-electron chi connectivity index (χ4n) is 2.97. The Balaban J connectivity index is 1.56. The molecule has 1 amide bonds. The second-order valence-corrected chi connectivity index (χ2v) is 6.27. The number of rotatable bonds is 2. The molecule has 1 aliphatic heterocycles. The Hall–Kier alpha value is -2.59. The molecule has 0 aliphatic carbocycles. The van der Waals surface area contributed by atoms with Crippen LogP contribution in [-0.4, -0.2) is 17.5 Å². The Morgan fingerprint density at radius 2 is 2.08 bits per heavy atom. The summed E-state index contributed by atoms with van der Waals surface area (Å²) in [6.07, 6.45) is 2.33. The van der Waals surface area contributed by atoms with Gasteiger partial charge < -0.3 is 10.1 Å². The lowest BCUT2D eigenvalue weighted by atomic mass is 9.96. The van der Waals surface area contributed by atoms with Crippen LogP contribution >= 0.6 is 11.6 Å². The minimum Gasteiger partial charge on any atom is -0.492 e. The molecule has 5 heteroatoms. The summed E-state index contributed by atoms with van der Waals surface area (Å²) in [5.41, 5.74) is 2.47. The highest BCUT2D eigenvalue weighted by Crippen LogP contribution is 2.30. The van der Waals surface area contributed by atoms with E-state index in [1.807, 2.05) is 42.5 Å². The maximum atomic E-state index is 12.7. The number of benzene rings is 2. The quantitative estimate of drug-likeness (QED) is 0.766. The highest BCUT2D eigenvalue weighted by molar-refractivity contribution is 6.30. The van der Waals surface area contributed by atoms with E-state index in [2.05, 4.69) is 10.3 Å². The van der Waals surface area contributed by atoms with Crippen molar-refractivity contribution < 1.29 is 9.53 Å². The van der Waals surface area contributed by atoms with Gasteiger partial charge in [-0.1, -0.05) is 29.8 Å². The van der Waals surface area contributed by atoms with Crippen LogP contribution in [0.15, 0.2) is 54.7 Å². The van der Waals surface area contributed by atoms with Gasteiger partial charge in [-0.3, -0.25) is 9.78 Å². The van der Waals surface area contributed by atoms with Gasteiger partial charge in [0.15, 0.2) is 0 Å². The third-order valence-electron chi connectivity index (χ3n) is 4.19. The van der Waals surface area contributed by atoms with Crippen molar-refractivity contribution in [1.29, 1.82) is 0 Å². The minimum absolute atomic E-state index is 0.0706. The van der Waals surface area contributed by atoms with Gasteiger partial charge in [-0.05, 0) is 42.3 Å². The highest BCUT2D eigenvalue weighted by atomic mass is 35.5. The maximum absolute atomic E-state index is 12.7. The van der Waals surface area contributed by atoms with Crippen molar-refractivity contribution in [2.45, 2.75) is 6.42 Å². The smallest absolute Gasteiger partial charge is 0.231 e. The van der Waals surface area contributed by atoms with Gasteiger partial charge in [0.05, 0.1) is 17.1 Å². The molecule has 0 bridgehead atoms. The van der Waals surface area contributed by atoms with Crippen LogP contribution in [0.2, 0.25) is 5.02 Å². The fourth-order valence-corrected chi connectivity index (χ4v) is 3.17. The van der Waals surface area contributed by atoms with Gasteiger partial charge in [-0.2, -0.15) is 0 Å². The van der Waals surface area contributed by atoms with Crippen molar-refractivity contribution in [3.8, 4) is 5.75 Å². The number of nitrogens with zero attached hydrogens (tertiary/aromatic N) is 1. The second-order valence-electron chi connectivity index (χ2n) is 5.83. The van der Waals surface area contributed by atoms with E-state index >= 15 is 0 Å². The molecule has 0 unspecified atom stereocenters. The Bertz CT molecular complexity index is 921. The van der Waals surface area contributed by atoms with E-state index in [1.54, 1.807) is 12.3 Å². The average Bonchev–Trinajstić information content (AvgIpc) is 2.61. The molecule has 0 saturated carbocycles. The highest BCUT2D eigenvalue weighted by Gasteiger charge is 2.26. The molecule has 0 spiro atoms. The van der Waals surface area contributed by atoms with Crippen LogP contribution in [0.3, 0.4) is 0 Å². The number of carbonyl (C=O) groups excluding carboxylic acids is 1. The normalized spacial score (nSPS) is 16.3. The van der Waals surface area contributed by atoms with E-state index in [-0.39, 0.29) is 11.8 Å². The monoisotopic (exact) mass is 338 g/mol. The maximum Gasteiger partial charge on any atom is 0.231 e. The van der Waals surface area contributed by atoms with E-state index in [4.69, 9.17) is 16.3 Å². The largest absolute Gasteiger partial charge is 0.492 e. The van der Waals surface area contributed by atoms with E-state index in [1.165, 1.54) is 0 Å². The third-order valence-corrected chi connectivity index (χ3v) is 4.43. The number of aromatic nitrogens is 1. The number of hydrogen-bond acceptors (Lipinski definition) is 3. The summed E-state index contributed by atoms with van der Waals surface area (Å²) in [7, 11) is 0. The fraction of sp³-hybridized carbons (Fsp3) is 0.158. The van der Waals surface area contributed by atoms with Crippen molar-refractivity contribution in [3.63, 3.8) is 0 Å². The lowest BCUT2D eigenvalue weighted by Gasteiger charge is -2.24. The Labute approximate surface area is 144 Å². The van der Waals surface area contributed by atoms with Crippen molar-refractivity contribution in [1.82, 2.24) is 4.98 Å². The van der Waals surface area contributed by atoms with E-state index < -0.39 is 0 Å². The van der Waals surface area contributed by atoms with Gasteiger partial charge in [-0.25, -0.2) is 0 Å². The first-order valence-corrected chi connectivity index (χ1v) is 8.14. The molecule has 1 aromatic heterocycles. The molecule has 120 valence electrons. The molecule has 24 heavy (non-hydrogen) atoms. The molecule has 0 fully saturated rings. The summed E-state index contributed by atoms with van der Waals surface area (Å²) in [6.45, 7) is 0.360. The lowest BCUT2D eigenvalue weighted by Crippen LogP contribution is -2.32. The first kappa shape index (κ1) is 15.0. The summed E-state index contributed by atoms with van der Waals surface area (Å²) in [5.74, 6) is 0.476. The predicted molar refractivity (Wildman–Crippen MR) is 94.5 cm³/mol. The molecule has 0 radical (unpaired) electrons. The topological polar surface area (TPSA) is 51.2 Å². The van der Waals surface area contributed by atoms with Gasteiger partial charge >= 0.3 is 0 Å². The molecule has 1 aliphatic rings. The zero-order valence-electron chi connectivity index (χ0n) is 12.8. The summed E-state index contributed by atoms with van der Waals surface area (Å²) in [5, 5.41) is 4.63. The van der Waals surface area contributed by atoms with E-state index in [0.717, 1.165) is 27.9 Å². The van der Waals surface area contributed by atoms with E-state index in [0.29, 0.717) is 18.1 Å².